The maximum Gasteiger partial charge on any atom is 0.237 e. The van der Waals surface area contributed by atoms with Crippen molar-refractivity contribution in [3.8, 4) is 5.75 Å². The van der Waals surface area contributed by atoms with E-state index in [4.69, 9.17) is 11.5 Å². The summed E-state index contributed by atoms with van der Waals surface area (Å²) >= 11 is 0. The average molecular weight is 476 g/mol. The van der Waals surface area contributed by atoms with Gasteiger partial charge in [0.15, 0.2) is 5.96 Å². The largest absolute Gasteiger partial charge is 0.505 e. The second kappa shape index (κ2) is 11.9. The van der Waals surface area contributed by atoms with E-state index in [1.54, 1.807) is 43.3 Å². The number of carbonyl (C=O) groups excluding carboxylic acids is 2. The monoisotopic (exact) mass is 475 g/mol. The zero-order valence-corrected chi connectivity index (χ0v) is 19.1. The normalized spacial score (nSPS) is 11.9. The number of nitrogens with one attached hydrogen (secondary N) is 2. The molecular formula is C22H29N5O5S. The highest BCUT2D eigenvalue weighted by molar-refractivity contribution is 7.91. The van der Waals surface area contributed by atoms with Crippen LogP contribution < -0.4 is 21.5 Å². The number of rotatable bonds is 12. The molecular weight excluding hydrogens is 446 g/mol. The highest BCUT2D eigenvalue weighted by Crippen LogP contribution is 2.32. The smallest absolute Gasteiger partial charge is 0.237 e. The minimum Gasteiger partial charge on any atom is -0.505 e. The lowest BCUT2D eigenvalue weighted by atomic mass is 10.0. The fraction of sp³-hybridized carbons (Fsp3) is 0.318. The van der Waals surface area contributed by atoms with Crippen LogP contribution in [0, 0.1) is 6.92 Å². The van der Waals surface area contributed by atoms with Crippen molar-refractivity contribution >= 4 is 33.9 Å². The molecule has 0 unspecified atom stereocenters. The highest BCUT2D eigenvalue weighted by atomic mass is 32.2. The van der Waals surface area contributed by atoms with Crippen molar-refractivity contribution in [3.63, 3.8) is 0 Å². The summed E-state index contributed by atoms with van der Waals surface area (Å²) in [5.74, 6) is -1.14. The van der Waals surface area contributed by atoms with Crippen molar-refractivity contribution in [2.24, 2.45) is 16.5 Å². The minimum absolute atomic E-state index is 0.0245. The molecule has 2 aromatic rings. The molecule has 0 saturated carbocycles. The minimum atomic E-state index is -3.80. The van der Waals surface area contributed by atoms with E-state index in [1.807, 2.05) is 0 Å². The Hall–Kier alpha value is -3.60. The standard InChI is InChI=1S/C22H29N5O5S/c1-15-9-10-19(27-33(31,32)14-16-6-3-2-4-7-16)21(30)18(15)12-20(29)26-17(13-28)8-5-11-25-22(23)24/h2-4,6-7,9-10,13,17,27,30H,5,8,11-12,14H2,1H3,(H,26,29)(H4,23,24,25)/t17-/m0/s1. The highest BCUT2D eigenvalue weighted by Gasteiger charge is 2.20. The average Bonchev–Trinajstić information content (AvgIpc) is 2.75. The summed E-state index contributed by atoms with van der Waals surface area (Å²) in [6.07, 6.45) is 1.22. The van der Waals surface area contributed by atoms with E-state index in [0.717, 1.165) is 0 Å². The van der Waals surface area contributed by atoms with Crippen molar-refractivity contribution in [2.45, 2.75) is 38.0 Å². The summed E-state index contributed by atoms with van der Waals surface area (Å²) in [5.41, 5.74) is 11.9. The summed E-state index contributed by atoms with van der Waals surface area (Å²) in [4.78, 5) is 27.6. The van der Waals surface area contributed by atoms with E-state index in [9.17, 15) is 23.1 Å². The number of nitrogens with two attached hydrogens (primary N) is 2. The third kappa shape index (κ3) is 8.45. The first-order valence-electron chi connectivity index (χ1n) is 10.3. The van der Waals surface area contributed by atoms with Crippen molar-refractivity contribution < 1.29 is 23.1 Å². The first-order valence-corrected chi connectivity index (χ1v) is 11.9. The van der Waals surface area contributed by atoms with E-state index in [0.29, 0.717) is 36.8 Å². The molecule has 7 N–H and O–H groups in total. The van der Waals surface area contributed by atoms with Crippen molar-refractivity contribution in [1.82, 2.24) is 5.32 Å². The predicted octanol–water partition coefficient (Wildman–Crippen LogP) is 0.922. The number of nitrogens with zero attached hydrogens (tertiary/aromatic N) is 1. The van der Waals surface area contributed by atoms with Crippen LogP contribution in [0.2, 0.25) is 0 Å². The molecule has 2 aromatic carbocycles. The Morgan fingerprint density at radius 3 is 2.52 bits per heavy atom. The van der Waals surface area contributed by atoms with Crippen molar-refractivity contribution in [1.29, 1.82) is 0 Å². The molecule has 0 saturated heterocycles. The van der Waals surface area contributed by atoms with E-state index in [2.05, 4.69) is 15.0 Å². The Bertz CT molecular complexity index is 1100. The number of aromatic hydroxyl groups is 1. The van der Waals surface area contributed by atoms with E-state index in [1.165, 1.54) is 6.07 Å². The van der Waals surface area contributed by atoms with Gasteiger partial charge in [0.05, 0.1) is 23.9 Å². The SMILES string of the molecule is Cc1ccc(NS(=O)(=O)Cc2ccccc2)c(O)c1CC(=O)N[C@H](C=O)CCCN=C(N)N. The number of guanidine groups is 1. The third-order valence-electron chi connectivity index (χ3n) is 4.80. The van der Waals surface area contributed by atoms with Gasteiger partial charge in [-0.1, -0.05) is 36.4 Å². The maximum atomic E-state index is 12.5. The molecule has 0 spiro atoms. The summed E-state index contributed by atoms with van der Waals surface area (Å²) in [7, 11) is -3.80. The number of aldehydes is 1. The molecule has 11 heteroatoms. The summed E-state index contributed by atoms with van der Waals surface area (Å²) in [6.45, 7) is 2.02. The summed E-state index contributed by atoms with van der Waals surface area (Å²) < 4.78 is 27.4. The van der Waals surface area contributed by atoms with Gasteiger partial charge in [-0.15, -0.1) is 0 Å². The van der Waals surface area contributed by atoms with Gasteiger partial charge in [-0.05, 0) is 37.0 Å². The number of carbonyl (C=O) groups is 2. The van der Waals surface area contributed by atoms with Gasteiger partial charge in [0.25, 0.3) is 0 Å². The van der Waals surface area contributed by atoms with Gasteiger partial charge in [0.1, 0.15) is 12.0 Å². The Morgan fingerprint density at radius 2 is 1.88 bits per heavy atom. The molecule has 1 amide bonds. The number of hydrogen-bond donors (Lipinski definition) is 5. The van der Waals surface area contributed by atoms with E-state index >= 15 is 0 Å². The van der Waals surface area contributed by atoms with Gasteiger partial charge in [-0.25, -0.2) is 8.42 Å². The lowest BCUT2D eigenvalue weighted by Gasteiger charge is -2.16. The molecule has 10 nitrogen and oxygen atoms in total. The fourth-order valence-corrected chi connectivity index (χ4v) is 4.36. The number of amides is 1. The topological polar surface area (TPSA) is 177 Å². The first kappa shape index (κ1) is 25.7. The molecule has 0 aromatic heterocycles. The number of anilines is 1. The quantitative estimate of drug-likeness (QED) is 0.0996. The van der Waals surface area contributed by atoms with Crippen LogP contribution in [-0.4, -0.2) is 44.3 Å². The molecule has 0 aliphatic carbocycles. The fourth-order valence-electron chi connectivity index (χ4n) is 3.15. The second-order valence-electron chi connectivity index (χ2n) is 7.54. The molecule has 0 bridgehead atoms. The zero-order valence-electron chi connectivity index (χ0n) is 18.3. The number of phenols is 1. The number of hydrogen-bond acceptors (Lipinski definition) is 6. The lowest BCUT2D eigenvalue weighted by molar-refractivity contribution is -0.123. The van der Waals surface area contributed by atoms with E-state index < -0.39 is 22.0 Å². The molecule has 0 aliphatic rings. The number of aliphatic imine (C=N–C) groups is 1. The Morgan fingerprint density at radius 1 is 1.18 bits per heavy atom. The second-order valence-corrected chi connectivity index (χ2v) is 9.26. The zero-order chi connectivity index (χ0) is 24.4. The van der Waals surface area contributed by atoms with Gasteiger partial charge in [0.2, 0.25) is 15.9 Å². The molecule has 2 rings (SSSR count). The van der Waals surface area contributed by atoms with Crippen LogP contribution in [0.15, 0.2) is 47.5 Å². The van der Waals surface area contributed by atoms with Gasteiger partial charge in [0, 0.05) is 12.1 Å². The number of phenolic OH excluding ortho intramolecular Hbond substituents is 1. The Balaban J connectivity index is 2.06. The molecule has 0 fully saturated rings. The van der Waals surface area contributed by atoms with Gasteiger partial charge >= 0.3 is 0 Å². The van der Waals surface area contributed by atoms with Crippen LogP contribution >= 0.6 is 0 Å². The van der Waals surface area contributed by atoms with Crippen LogP contribution in [0.4, 0.5) is 5.69 Å². The van der Waals surface area contributed by atoms with Crippen molar-refractivity contribution in [2.75, 3.05) is 11.3 Å². The van der Waals surface area contributed by atoms with Crippen LogP contribution in [0.25, 0.3) is 0 Å². The van der Waals surface area contributed by atoms with Gasteiger partial charge < -0.3 is 26.7 Å². The number of benzene rings is 2. The van der Waals surface area contributed by atoms with Crippen LogP contribution in [0.3, 0.4) is 0 Å². The number of aryl methyl sites for hydroxylation is 1. The summed E-state index contributed by atoms with van der Waals surface area (Å²) in [5, 5.41) is 13.2. The predicted molar refractivity (Wildman–Crippen MR) is 127 cm³/mol. The van der Waals surface area contributed by atoms with Gasteiger partial charge in [-0.2, -0.15) is 0 Å². The lowest BCUT2D eigenvalue weighted by Crippen LogP contribution is -2.37. The van der Waals surface area contributed by atoms with Crippen LogP contribution in [0.1, 0.15) is 29.5 Å². The molecule has 33 heavy (non-hydrogen) atoms. The van der Waals surface area contributed by atoms with Crippen molar-refractivity contribution in [3.05, 3.63) is 59.2 Å². The number of sulfonamides is 1. The van der Waals surface area contributed by atoms with Crippen LogP contribution in [0.5, 0.6) is 5.75 Å². The van der Waals surface area contributed by atoms with Gasteiger partial charge in [-0.3, -0.25) is 14.5 Å². The van der Waals surface area contributed by atoms with Crippen LogP contribution in [-0.2, 0) is 31.8 Å². The Kier molecular flexibility index (Phi) is 9.22. The first-order chi connectivity index (χ1) is 15.6. The maximum absolute atomic E-state index is 12.5. The third-order valence-corrected chi connectivity index (χ3v) is 6.04. The molecule has 1 atom stereocenters. The summed E-state index contributed by atoms with van der Waals surface area (Å²) in [6, 6.07) is 10.9. The Labute approximate surface area is 193 Å². The molecule has 0 radical (unpaired) electrons. The molecule has 0 heterocycles. The molecule has 0 aliphatic heterocycles. The molecule has 178 valence electrons. The van der Waals surface area contributed by atoms with E-state index in [-0.39, 0.29) is 35.1 Å².